The fourth-order valence-corrected chi connectivity index (χ4v) is 2.92. The van der Waals surface area contributed by atoms with Gasteiger partial charge in [0.05, 0.1) is 19.8 Å². The molecule has 112 valence electrons. The van der Waals surface area contributed by atoms with Crippen LogP contribution in [-0.2, 0) is 9.47 Å². The lowest BCUT2D eigenvalue weighted by molar-refractivity contribution is 0.121. The largest absolute Gasteiger partial charge is 0.449 e. The maximum absolute atomic E-state index is 11.5. The zero-order valence-corrected chi connectivity index (χ0v) is 11.9. The summed E-state index contributed by atoms with van der Waals surface area (Å²) in [5.41, 5.74) is 5.29. The van der Waals surface area contributed by atoms with Gasteiger partial charge in [-0.05, 0) is 30.6 Å². The molecule has 0 aromatic rings. The van der Waals surface area contributed by atoms with Crippen LogP contribution in [0.3, 0.4) is 0 Å². The number of carbonyl (C=O) groups is 1. The molecule has 20 heavy (non-hydrogen) atoms. The summed E-state index contributed by atoms with van der Waals surface area (Å²) >= 11 is 0. The molecule has 0 heterocycles. The number of alkyl carbamates (subject to hydrolysis) is 1. The van der Waals surface area contributed by atoms with Crippen LogP contribution < -0.4 is 11.1 Å². The van der Waals surface area contributed by atoms with Crippen molar-refractivity contribution in [3.63, 3.8) is 0 Å². The van der Waals surface area contributed by atoms with E-state index < -0.39 is 0 Å². The van der Waals surface area contributed by atoms with E-state index in [9.17, 15) is 4.79 Å². The van der Waals surface area contributed by atoms with E-state index >= 15 is 0 Å². The zero-order valence-electron chi connectivity index (χ0n) is 11.9. The lowest BCUT2D eigenvalue weighted by Crippen LogP contribution is -2.29. The molecule has 3 N–H and O–H groups in total. The fraction of sp³-hybridized carbons (Fsp3) is 0.800. The van der Waals surface area contributed by atoms with Crippen LogP contribution in [-0.4, -0.2) is 39.0 Å². The van der Waals surface area contributed by atoms with E-state index in [4.69, 9.17) is 15.2 Å². The first kappa shape index (κ1) is 15.1. The summed E-state index contributed by atoms with van der Waals surface area (Å²) in [6.45, 7) is 2.48. The molecule has 5 heteroatoms. The molecular formula is C15H24N2O3. The first-order chi connectivity index (χ1) is 9.83. The molecule has 0 radical (unpaired) electrons. The summed E-state index contributed by atoms with van der Waals surface area (Å²) in [6, 6.07) is 0. The van der Waals surface area contributed by atoms with Crippen molar-refractivity contribution in [2.24, 2.45) is 23.5 Å². The Morgan fingerprint density at radius 1 is 1.20 bits per heavy atom. The number of hydrogen-bond donors (Lipinski definition) is 2. The van der Waals surface area contributed by atoms with Gasteiger partial charge in [0, 0.05) is 25.9 Å². The van der Waals surface area contributed by atoms with Crippen molar-refractivity contribution in [2.75, 3.05) is 32.9 Å². The Balaban J connectivity index is 1.54. The molecule has 3 atom stereocenters. The lowest BCUT2D eigenvalue weighted by atomic mass is 10.1. The molecule has 0 aromatic carbocycles. The predicted molar refractivity (Wildman–Crippen MR) is 75.9 cm³/mol. The lowest BCUT2D eigenvalue weighted by Gasteiger charge is -2.07. The Morgan fingerprint density at radius 3 is 2.55 bits per heavy atom. The van der Waals surface area contributed by atoms with E-state index in [-0.39, 0.29) is 6.09 Å². The number of nitrogens with two attached hydrogens (primary N) is 1. The van der Waals surface area contributed by atoms with E-state index in [0.29, 0.717) is 50.7 Å². The second-order valence-electron chi connectivity index (χ2n) is 5.35. The summed E-state index contributed by atoms with van der Waals surface area (Å²) < 4.78 is 10.4. The standard InChI is InChI=1S/C15H24N2O3/c16-7-9-19-10-8-17-15(18)20-11-14-12-5-3-1-2-4-6-13(12)14/h12-14H,3-11,16H2,(H,17,18)/t12-,13+,14+. The van der Waals surface area contributed by atoms with Crippen molar-refractivity contribution in [1.29, 1.82) is 0 Å². The highest BCUT2D eigenvalue weighted by Crippen LogP contribution is 2.52. The second kappa shape index (κ2) is 8.13. The van der Waals surface area contributed by atoms with Crippen LogP contribution in [0.1, 0.15) is 25.7 Å². The van der Waals surface area contributed by atoms with Crippen molar-refractivity contribution in [3.05, 3.63) is 0 Å². The molecular weight excluding hydrogens is 256 g/mol. The van der Waals surface area contributed by atoms with Crippen molar-refractivity contribution in [2.45, 2.75) is 25.7 Å². The van der Waals surface area contributed by atoms with Gasteiger partial charge in [0.25, 0.3) is 0 Å². The topological polar surface area (TPSA) is 73.6 Å². The third kappa shape index (κ3) is 4.69. The Bertz CT molecular complexity index is 357. The van der Waals surface area contributed by atoms with E-state index in [0.717, 1.165) is 25.7 Å². The third-order valence-electron chi connectivity index (χ3n) is 4.02. The molecule has 5 nitrogen and oxygen atoms in total. The first-order valence-electron chi connectivity index (χ1n) is 7.47. The Hall–Kier alpha value is -1.25. The number of hydrogen-bond acceptors (Lipinski definition) is 4. The van der Waals surface area contributed by atoms with E-state index in [1.807, 2.05) is 0 Å². The number of ether oxygens (including phenoxy) is 2. The van der Waals surface area contributed by atoms with E-state index in [1.165, 1.54) is 0 Å². The van der Waals surface area contributed by atoms with Gasteiger partial charge in [0.15, 0.2) is 0 Å². The van der Waals surface area contributed by atoms with Crippen molar-refractivity contribution in [3.8, 4) is 11.8 Å². The van der Waals surface area contributed by atoms with Crippen molar-refractivity contribution < 1.29 is 14.3 Å². The molecule has 1 saturated carbocycles. The number of fused-ring (bicyclic) bond motifs is 1. The number of amides is 1. The van der Waals surface area contributed by atoms with Crippen LogP contribution in [0.5, 0.6) is 0 Å². The first-order valence-corrected chi connectivity index (χ1v) is 7.47. The van der Waals surface area contributed by atoms with Crippen LogP contribution in [0.25, 0.3) is 0 Å². The van der Waals surface area contributed by atoms with Gasteiger partial charge in [-0.3, -0.25) is 0 Å². The van der Waals surface area contributed by atoms with Gasteiger partial charge in [-0.25, -0.2) is 4.79 Å². The molecule has 0 spiro atoms. The molecule has 0 aliphatic heterocycles. The van der Waals surface area contributed by atoms with Crippen LogP contribution in [0, 0.1) is 29.6 Å². The monoisotopic (exact) mass is 280 g/mol. The summed E-state index contributed by atoms with van der Waals surface area (Å²) in [4.78, 5) is 11.5. The predicted octanol–water partition coefficient (Wildman–Crippen LogP) is 1.13. The highest BCUT2D eigenvalue weighted by molar-refractivity contribution is 5.67. The van der Waals surface area contributed by atoms with Gasteiger partial charge in [0.2, 0.25) is 0 Å². The maximum atomic E-state index is 11.5. The minimum Gasteiger partial charge on any atom is -0.449 e. The van der Waals surface area contributed by atoms with Crippen molar-refractivity contribution >= 4 is 6.09 Å². The highest BCUT2D eigenvalue weighted by Gasteiger charge is 2.49. The average Bonchev–Trinajstić information content (AvgIpc) is 3.06. The number of carbonyl (C=O) groups excluding carboxylic acids is 1. The fourth-order valence-electron chi connectivity index (χ4n) is 2.92. The van der Waals surface area contributed by atoms with Gasteiger partial charge >= 0.3 is 6.09 Å². The SMILES string of the molecule is NCCOCCNC(=O)OC[C@H]1[C@@H]2CCC#CCC[C@@H]21. The Labute approximate surface area is 120 Å². The summed E-state index contributed by atoms with van der Waals surface area (Å²) in [5.74, 6) is 8.33. The van der Waals surface area contributed by atoms with Crippen molar-refractivity contribution in [1.82, 2.24) is 5.32 Å². The normalized spacial score (nSPS) is 27.4. The minimum absolute atomic E-state index is 0.350. The summed E-state index contributed by atoms with van der Waals surface area (Å²) in [6.07, 6.45) is 3.93. The molecule has 2 aliphatic carbocycles. The zero-order chi connectivity index (χ0) is 14.2. The van der Waals surface area contributed by atoms with E-state index in [1.54, 1.807) is 0 Å². The number of nitrogens with one attached hydrogen (secondary N) is 1. The van der Waals surface area contributed by atoms with Crippen LogP contribution in [0.4, 0.5) is 4.79 Å². The van der Waals surface area contributed by atoms with Gasteiger partial charge < -0.3 is 20.5 Å². The quantitative estimate of drug-likeness (QED) is 0.541. The average molecular weight is 280 g/mol. The third-order valence-corrected chi connectivity index (χ3v) is 4.02. The maximum Gasteiger partial charge on any atom is 0.407 e. The number of rotatable bonds is 7. The highest BCUT2D eigenvalue weighted by atomic mass is 16.5. The molecule has 0 bridgehead atoms. The summed E-state index contributed by atoms with van der Waals surface area (Å²) in [5, 5.41) is 2.68. The second-order valence-corrected chi connectivity index (χ2v) is 5.35. The van der Waals surface area contributed by atoms with Crippen LogP contribution in [0.2, 0.25) is 0 Å². The Kier molecular flexibility index (Phi) is 6.16. The molecule has 1 amide bonds. The van der Waals surface area contributed by atoms with Gasteiger partial charge in [-0.15, -0.1) is 11.8 Å². The van der Waals surface area contributed by atoms with Gasteiger partial charge in [-0.1, -0.05) is 0 Å². The van der Waals surface area contributed by atoms with Gasteiger partial charge in [-0.2, -0.15) is 0 Å². The smallest absolute Gasteiger partial charge is 0.407 e. The van der Waals surface area contributed by atoms with Crippen LogP contribution in [0.15, 0.2) is 0 Å². The van der Waals surface area contributed by atoms with Crippen LogP contribution >= 0.6 is 0 Å². The molecule has 2 aliphatic rings. The molecule has 0 saturated heterocycles. The van der Waals surface area contributed by atoms with E-state index in [2.05, 4.69) is 17.2 Å². The molecule has 1 fully saturated rings. The summed E-state index contributed by atoms with van der Waals surface area (Å²) in [7, 11) is 0. The Morgan fingerprint density at radius 2 is 1.90 bits per heavy atom. The molecule has 0 aromatic heterocycles. The molecule has 2 rings (SSSR count). The minimum atomic E-state index is -0.350. The van der Waals surface area contributed by atoms with Gasteiger partial charge in [0.1, 0.15) is 0 Å². The molecule has 0 unspecified atom stereocenters.